The number of hydrogen-bond donors (Lipinski definition) is 1. The lowest BCUT2D eigenvalue weighted by molar-refractivity contribution is 0.312. The summed E-state index contributed by atoms with van der Waals surface area (Å²) in [6.07, 6.45) is 2.61. The predicted molar refractivity (Wildman–Crippen MR) is 94.7 cm³/mol. The smallest absolute Gasteiger partial charge is 0.244 e. The van der Waals surface area contributed by atoms with Crippen LogP contribution in [0, 0.1) is 0 Å². The number of nitrogens with one attached hydrogen (secondary N) is 1. The van der Waals surface area contributed by atoms with Crippen LogP contribution in [0.5, 0.6) is 5.75 Å². The fourth-order valence-electron chi connectivity index (χ4n) is 2.70. The van der Waals surface area contributed by atoms with Gasteiger partial charge in [-0.2, -0.15) is 10.1 Å². The Labute approximate surface area is 142 Å². The van der Waals surface area contributed by atoms with Crippen molar-refractivity contribution in [3.8, 4) is 5.75 Å². The van der Waals surface area contributed by atoms with Crippen LogP contribution in [0.4, 0.5) is 11.8 Å². The Hall–Kier alpha value is -2.41. The lowest BCUT2D eigenvalue weighted by atomic mass is 10.1. The van der Waals surface area contributed by atoms with Crippen LogP contribution >= 0.6 is 0 Å². The molecule has 2 heterocycles. The Morgan fingerprint density at radius 3 is 2.83 bits per heavy atom. The zero-order chi connectivity index (χ0) is 16.8. The van der Waals surface area contributed by atoms with Crippen molar-refractivity contribution >= 4 is 11.8 Å². The molecule has 2 aromatic rings. The number of hydrogen-bond acceptors (Lipinski definition) is 7. The first-order valence-corrected chi connectivity index (χ1v) is 8.24. The van der Waals surface area contributed by atoms with Gasteiger partial charge >= 0.3 is 0 Å². The summed E-state index contributed by atoms with van der Waals surface area (Å²) in [5.74, 6) is 2.35. The maximum atomic E-state index is 5.25. The lowest BCUT2D eigenvalue weighted by Gasteiger charge is -2.32. The first-order chi connectivity index (χ1) is 11.7. The topological polar surface area (TPSA) is 66.4 Å². The maximum absolute atomic E-state index is 5.25. The molecule has 0 radical (unpaired) electrons. The number of piperazine rings is 1. The van der Waals surface area contributed by atoms with Crippen molar-refractivity contribution in [1.82, 2.24) is 20.1 Å². The van der Waals surface area contributed by atoms with Gasteiger partial charge in [0.15, 0.2) is 5.82 Å². The van der Waals surface area contributed by atoms with Crippen LogP contribution in [0.1, 0.15) is 5.56 Å². The summed E-state index contributed by atoms with van der Waals surface area (Å²) in [6.45, 7) is 4.78. The van der Waals surface area contributed by atoms with E-state index in [-0.39, 0.29) is 0 Å². The highest BCUT2D eigenvalue weighted by molar-refractivity contribution is 5.41. The summed E-state index contributed by atoms with van der Waals surface area (Å²) in [6, 6.07) is 8.08. The summed E-state index contributed by atoms with van der Waals surface area (Å²) in [7, 11) is 3.82. The van der Waals surface area contributed by atoms with E-state index in [4.69, 9.17) is 4.74 Å². The van der Waals surface area contributed by atoms with Crippen LogP contribution < -0.4 is 15.0 Å². The summed E-state index contributed by atoms with van der Waals surface area (Å²) in [4.78, 5) is 9.15. The second-order valence-corrected chi connectivity index (χ2v) is 5.96. The summed E-state index contributed by atoms with van der Waals surface area (Å²) in [5, 5.41) is 11.4. The number of anilines is 2. The molecule has 24 heavy (non-hydrogen) atoms. The molecule has 1 fully saturated rings. The summed E-state index contributed by atoms with van der Waals surface area (Å²) >= 11 is 0. The molecule has 0 spiro atoms. The van der Waals surface area contributed by atoms with Crippen molar-refractivity contribution in [3.05, 3.63) is 36.0 Å². The van der Waals surface area contributed by atoms with Gasteiger partial charge in [-0.25, -0.2) is 0 Å². The van der Waals surface area contributed by atoms with Gasteiger partial charge in [-0.1, -0.05) is 12.1 Å². The van der Waals surface area contributed by atoms with E-state index in [1.807, 2.05) is 18.2 Å². The van der Waals surface area contributed by atoms with Crippen molar-refractivity contribution in [2.75, 3.05) is 57.1 Å². The van der Waals surface area contributed by atoms with E-state index in [0.717, 1.165) is 50.7 Å². The van der Waals surface area contributed by atoms with E-state index in [1.54, 1.807) is 13.3 Å². The van der Waals surface area contributed by atoms with Crippen molar-refractivity contribution < 1.29 is 4.74 Å². The Bertz CT molecular complexity index is 657. The van der Waals surface area contributed by atoms with E-state index in [2.05, 4.69) is 43.4 Å². The quantitative estimate of drug-likeness (QED) is 0.857. The van der Waals surface area contributed by atoms with Crippen LogP contribution in [0.3, 0.4) is 0 Å². The number of likely N-dealkylation sites (N-methyl/N-ethyl adjacent to an activating group) is 1. The molecule has 1 saturated heterocycles. The third-order valence-electron chi connectivity index (χ3n) is 4.20. The van der Waals surface area contributed by atoms with Crippen molar-refractivity contribution in [1.29, 1.82) is 0 Å². The van der Waals surface area contributed by atoms with Gasteiger partial charge in [0.05, 0.1) is 13.3 Å². The fourth-order valence-corrected chi connectivity index (χ4v) is 2.70. The minimum atomic E-state index is 0.578. The molecule has 1 aliphatic rings. The van der Waals surface area contributed by atoms with Gasteiger partial charge in [-0.15, -0.1) is 5.10 Å². The second-order valence-electron chi connectivity index (χ2n) is 5.96. The van der Waals surface area contributed by atoms with Gasteiger partial charge in [0.1, 0.15) is 5.75 Å². The van der Waals surface area contributed by atoms with E-state index < -0.39 is 0 Å². The van der Waals surface area contributed by atoms with Crippen LogP contribution in [-0.4, -0.2) is 67.0 Å². The molecular weight excluding hydrogens is 304 g/mol. The summed E-state index contributed by atoms with van der Waals surface area (Å²) in [5.41, 5.74) is 1.21. The molecule has 7 heteroatoms. The standard InChI is InChI=1S/C17H24N6O/c1-22-8-10-23(11-9-22)16-13-19-21-17(20-16)18-7-6-14-4-3-5-15(12-14)24-2/h3-5,12-13H,6-11H2,1-2H3,(H,18,20,21). The molecule has 0 unspecified atom stereocenters. The molecule has 1 N–H and O–H groups in total. The van der Waals surface area contributed by atoms with Crippen molar-refractivity contribution in [2.45, 2.75) is 6.42 Å². The Morgan fingerprint density at radius 2 is 2.04 bits per heavy atom. The zero-order valence-electron chi connectivity index (χ0n) is 14.3. The summed E-state index contributed by atoms with van der Waals surface area (Å²) < 4.78 is 5.25. The molecule has 0 bridgehead atoms. The molecule has 0 aliphatic carbocycles. The maximum Gasteiger partial charge on any atom is 0.244 e. The molecule has 128 valence electrons. The van der Waals surface area contributed by atoms with Gasteiger partial charge < -0.3 is 19.9 Å². The van der Waals surface area contributed by atoms with Crippen molar-refractivity contribution in [3.63, 3.8) is 0 Å². The average Bonchev–Trinajstić information content (AvgIpc) is 2.63. The van der Waals surface area contributed by atoms with E-state index in [9.17, 15) is 0 Å². The Kier molecular flexibility index (Phi) is 5.43. The molecule has 3 rings (SSSR count). The van der Waals surface area contributed by atoms with Gasteiger partial charge in [0.25, 0.3) is 0 Å². The highest BCUT2D eigenvalue weighted by Gasteiger charge is 2.16. The van der Waals surface area contributed by atoms with Crippen LogP contribution in [0.15, 0.2) is 30.5 Å². The monoisotopic (exact) mass is 328 g/mol. The SMILES string of the molecule is COc1cccc(CCNc2nncc(N3CCN(C)CC3)n2)c1. The van der Waals surface area contributed by atoms with Crippen LogP contribution in [-0.2, 0) is 6.42 Å². The second kappa shape index (κ2) is 7.92. The minimum absolute atomic E-state index is 0.578. The van der Waals surface area contributed by atoms with E-state index >= 15 is 0 Å². The molecule has 1 aromatic heterocycles. The predicted octanol–water partition coefficient (Wildman–Crippen LogP) is 1.29. The Morgan fingerprint density at radius 1 is 1.21 bits per heavy atom. The molecule has 1 aliphatic heterocycles. The van der Waals surface area contributed by atoms with Gasteiger partial charge in [-0.3, -0.25) is 0 Å². The molecule has 1 aromatic carbocycles. The van der Waals surface area contributed by atoms with Gasteiger partial charge in [0, 0.05) is 32.7 Å². The molecule has 0 amide bonds. The highest BCUT2D eigenvalue weighted by atomic mass is 16.5. The molecule has 7 nitrogen and oxygen atoms in total. The number of rotatable bonds is 6. The van der Waals surface area contributed by atoms with Crippen LogP contribution in [0.2, 0.25) is 0 Å². The van der Waals surface area contributed by atoms with Gasteiger partial charge in [0.2, 0.25) is 5.95 Å². The normalized spacial score (nSPS) is 15.3. The van der Waals surface area contributed by atoms with Crippen molar-refractivity contribution in [2.24, 2.45) is 0 Å². The van der Waals surface area contributed by atoms with E-state index in [1.165, 1.54) is 5.56 Å². The molecule has 0 saturated carbocycles. The van der Waals surface area contributed by atoms with Gasteiger partial charge in [-0.05, 0) is 31.2 Å². The number of methoxy groups -OCH3 is 1. The number of aromatic nitrogens is 3. The lowest BCUT2D eigenvalue weighted by Crippen LogP contribution is -2.44. The number of benzene rings is 1. The largest absolute Gasteiger partial charge is 0.497 e. The average molecular weight is 328 g/mol. The molecule has 0 atom stereocenters. The number of ether oxygens (including phenoxy) is 1. The number of nitrogens with zero attached hydrogens (tertiary/aromatic N) is 5. The molecular formula is C17H24N6O. The first kappa shape index (κ1) is 16.4. The van der Waals surface area contributed by atoms with Crippen LogP contribution in [0.25, 0.3) is 0 Å². The minimum Gasteiger partial charge on any atom is -0.497 e. The third kappa shape index (κ3) is 4.32. The highest BCUT2D eigenvalue weighted by Crippen LogP contribution is 2.14. The Balaban J connectivity index is 1.54. The first-order valence-electron chi connectivity index (χ1n) is 8.24. The van der Waals surface area contributed by atoms with E-state index in [0.29, 0.717) is 5.95 Å². The fraction of sp³-hybridized carbons (Fsp3) is 0.471. The zero-order valence-corrected chi connectivity index (χ0v) is 14.3. The third-order valence-corrected chi connectivity index (χ3v) is 4.20.